The monoisotopic (exact) mass is 274 g/mol. The van der Waals surface area contributed by atoms with E-state index in [0.29, 0.717) is 5.92 Å². The van der Waals surface area contributed by atoms with Crippen LogP contribution in [-0.2, 0) is 4.79 Å². The topological polar surface area (TPSA) is 55.1 Å². The van der Waals surface area contributed by atoms with Crippen molar-refractivity contribution < 1.29 is 4.79 Å². The molecular formula is C17H26N2O. The summed E-state index contributed by atoms with van der Waals surface area (Å²) in [5, 5.41) is 3.22. The molecular weight excluding hydrogens is 248 g/mol. The van der Waals surface area contributed by atoms with Crippen LogP contribution in [0.25, 0.3) is 0 Å². The first kappa shape index (κ1) is 15.0. The van der Waals surface area contributed by atoms with Crippen molar-refractivity contribution in [1.29, 1.82) is 0 Å². The van der Waals surface area contributed by atoms with Gasteiger partial charge >= 0.3 is 0 Å². The largest absolute Gasteiger partial charge is 0.349 e. The molecule has 2 rings (SSSR count). The van der Waals surface area contributed by atoms with Crippen molar-refractivity contribution in [2.75, 3.05) is 6.54 Å². The van der Waals surface area contributed by atoms with Gasteiger partial charge in [0.2, 0.25) is 5.91 Å². The van der Waals surface area contributed by atoms with Gasteiger partial charge in [-0.3, -0.25) is 4.79 Å². The van der Waals surface area contributed by atoms with E-state index in [2.05, 4.69) is 24.4 Å². The molecule has 1 saturated carbocycles. The van der Waals surface area contributed by atoms with Crippen LogP contribution in [0.3, 0.4) is 0 Å². The van der Waals surface area contributed by atoms with Crippen LogP contribution in [0.15, 0.2) is 30.3 Å². The van der Waals surface area contributed by atoms with Gasteiger partial charge in [0.05, 0.1) is 6.04 Å². The lowest BCUT2D eigenvalue weighted by molar-refractivity contribution is -0.127. The third-order valence-electron chi connectivity index (χ3n) is 4.48. The summed E-state index contributed by atoms with van der Waals surface area (Å²) in [5.41, 5.74) is 6.90. The van der Waals surface area contributed by atoms with Crippen LogP contribution >= 0.6 is 0 Å². The molecule has 3 nitrogen and oxygen atoms in total. The number of carbonyl (C=O) groups excluding carboxylic acids is 1. The molecule has 0 aliphatic heterocycles. The van der Waals surface area contributed by atoms with Gasteiger partial charge in [-0.25, -0.2) is 0 Å². The van der Waals surface area contributed by atoms with Crippen molar-refractivity contribution in [2.24, 2.45) is 17.6 Å². The van der Waals surface area contributed by atoms with Crippen LogP contribution in [0.5, 0.6) is 0 Å². The molecule has 0 heterocycles. The zero-order valence-electron chi connectivity index (χ0n) is 12.3. The summed E-state index contributed by atoms with van der Waals surface area (Å²) in [4.78, 5) is 12.4. The fraction of sp³-hybridized carbons (Fsp3) is 0.588. The molecule has 1 fully saturated rings. The van der Waals surface area contributed by atoms with Crippen molar-refractivity contribution in [2.45, 2.75) is 45.1 Å². The van der Waals surface area contributed by atoms with Crippen molar-refractivity contribution >= 4 is 5.91 Å². The summed E-state index contributed by atoms with van der Waals surface area (Å²) in [7, 11) is 0. The number of hydrogen-bond donors (Lipinski definition) is 2. The highest BCUT2D eigenvalue weighted by molar-refractivity contribution is 5.79. The summed E-state index contributed by atoms with van der Waals surface area (Å²) in [6.45, 7) is 2.87. The van der Waals surface area contributed by atoms with E-state index in [1.165, 1.54) is 5.56 Å². The maximum absolute atomic E-state index is 12.4. The molecule has 110 valence electrons. The van der Waals surface area contributed by atoms with E-state index in [1.54, 1.807) is 0 Å². The minimum atomic E-state index is 0.135. The smallest absolute Gasteiger partial charge is 0.223 e. The van der Waals surface area contributed by atoms with Crippen molar-refractivity contribution in [3.8, 4) is 0 Å². The predicted octanol–water partition coefficient (Wildman–Crippen LogP) is 3.02. The van der Waals surface area contributed by atoms with Gasteiger partial charge in [-0.15, -0.1) is 0 Å². The molecule has 0 spiro atoms. The van der Waals surface area contributed by atoms with Crippen molar-refractivity contribution in [3.63, 3.8) is 0 Å². The number of hydrogen-bond acceptors (Lipinski definition) is 2. The van der Waals surface area contributed by atoms with Crippen LogP contribution in [0.2, 0.25) is 0 Å². The van der Waals surface area contributed by atoms with E-state index in [0.717, 1.165) is 38.6 Å². The molecule has 0 radical (unpaired) electrons. The second kappa shape index (κ2) is 7.44. The lowest BCUT2D eigenvalue weighted by atomic mass is 9.81. The fourth-order valence-electron chi connectivity index (χ4n) is 3.06. The molecule has 0 saturated heterocycles. The van der Waals surface area contributed by atoms with Crippen LogP contribution < -0.4 is 11.1 Å². The maximum Gasteiger partial charge on any atom is 0.223 e. The number of amides is 1. The van der Waals surface area contributed by atoms with E-state index < -0.39 is 0 Å². The average molecular weight is 274 g/mol. The Morgan fingerprint density at radius 2 is 1.90 bits per heavy atom. The summed E-state index contributed by atoms with van der Waals surface area (Å²) >= 11 is 0. The Morgan fingerprint density at radius 3 is 2.45 bits per heavy atom. The highest BCUT2D eigenvalue weighted by Gasteiger charge is 2.26. The van der Waals surface area contributed by atoms with E-state index in [1.807, 2.05) is 18.2 Å². The van der Waals surface area contributed by atoms with Gasteiger partial charge in [0, 0.05) is 5.92 Å². The van der Waals surface area contributed by atoms with Crippen LogP contribution in [0.4, 0.5) is 0 Å². The fourth-order valence-corrected chi connectivity index (χ4v) is 3.06. The van der Waals surface area contributed by atoms with Crippen LogP contribution in [0.1, 0.15) is 50.6 Å². The molecule has 1 unspecified atom stereocenters. The molecule has 1 atom stereocenters. The zero-order chi connectivity index (χ0) is 14.4. The standard InChI is InChI=1S/C17H26N2O/c1-2-16(14-6-4-3-5-7-14)19-17(20)15-10-8-13(12-18)9-11-15/h3-7,13,15-16H,2,8-12,18H2,1H3,(H,19,20). The molecule has 1 aliphatic rings. The second-order valence-corrected chi connectivity index (χ2v) is 5.83. The Kier molecular flexibility index (Phi) is 5.60. The summed E-state index contributed by atoms with van der Waals surface area (Å²) < 4.78 is 0. The van der Waals surface area contributed by atoms with E-state index in [4.69, 9.17) is 5.73 Å². The van der Waals surface area contributed by atoms with E-state index in [9.17, 15) is 4.79 Å². The predicted molar refractivity (Wildman–Crippen MR) is 82.1 cm³/mol. The Hall–Kier alpha value is -1.35. The van der Waals surface area contributed by atoms with E-state index >= 15 is 0 Å². The molecule has 3 N–H and O–H groups in total. The Labute approximate surface area is 121 Å². The van der Waals surface area contributed by atoms with Crippen LogP contribution in [0, 0.1) is 11.8 Å². The molecule has 1 aliphatic carbocycles. The molecule has 0 aromatic heterocycles. The Balaban J connectivity index is 1.90. The minimum Gasteiger partial charge on any atom is -0.349 e. The van der Waals surface area contributed by atoms with E-state index in [-0.39, 0.29) is 17.9 Å². The van der Waals surface area contributed by atoms with Gasteiger partial charge in [0.25, 0.3) is 0 Å². The van der Waals surface area contributed by atoms with Gasteiger partial charge in [-0.2, -0.15) is 0 Å². The first-order valence-corrected chi connectivity index (χ1v) is 7.80. The SMILES string of the molecule is CCC(NC(=O)C1CCC(CN)CC1)c1ccccc1. The van der Waals surface area contributed by atoms with Gasteiger partial charge in [0.1, 0.15) is 0 Å². The molecule has 1 aromatic carbocycles. The number of rotatable bonds is 5. The summed E-state index contributed by atoms with van der Waals surface area (Å²) in [6.07, 6.45) is 5.08. The normalized spacial score (nSPS) is 24.1. The number of nitrogens with one attached hydrogen (secondary N) is 1. The quantitative estimate of drug-likeness (QED) is 0.867. The number of benzene rings is 1. The summed E-state index contributed by atoms with van der Waals surface area (Å²) in [6, 6.07) is 10.4. The first-order chi connectivity index (χ1) is 9.74. The van der Waals surface area contributed by atoms with Gasteiger partial charge in [-0.05, 0) is 50.1 Å². The Bertz CT molecular complexity index is 410. The van der Waals surface area contributed by atoms with Gasteiger partial charge in [0.15, 0.2) is 0 Å². The summed E-state index contributed by atoms with van der Waals surface area (Å²) in [5.74, 6) is 1.02. The average Bonchev–Trinajstić information content (AvgIpc) is 2.53. The van der Waals surface area contributed by atoms with Gasteiger partial charge < -0.3 is 11.1 Å². The van der Waals surface area contributed by atoms with Crippen molar-refractivity contribution in [1.82, 2.24) is 5.32 Å². The molecule has 1 aromatic rings. The lowest BCUT2D eigenvalue weighted by Crippen LogP contribution is -2.36. The lowest BCUT2D eigenvalue weighted by Gasteiger charge is -2.28. The third-order valence-corrected chi connectivity index (χ3v) is 4.48. The molecule has 0 bridgehead atoms. The highest BCUT2D eigenvalue weighted by atomic mass is 16.1. The molecule has 3 heteroatoms. The molecule has 20 heavy (non-hydrogen) atoms. The zero-order valence-corrected chi connectivity index (χ0v) is 12.3. The second-order valence-electron chi connectivity index (χ2n) is 5.83. The maximum atomic E-state index is 12.4. The highest BCUT2D eigenvalue weighted by Crippen LogP contribution is 2.29. The first-order valence-electron chi connectivity index (χ1n) is 7.80. The Morgan fingerprint density at radius 1 is 1.25 bits per heavy atom. The van der Waals surface area contributed by atoms with Crippen LogP contribution in [-0.4, -0.2) is 12.5 Å². The molecule has 1 amide bonds. The number of nitrogens with two attached hydrogens (primary N) is 1. The third kappa shape index (κ3) is 3.83. The number of carbonyl (C=O) groups is 1. The van der Waals surface area contributed by atoms with Crippen molar-refractivity contribution in [3.05, 3.63) is 35.9 Å². The van der Waals surface area contributed by atoms with Gasteiger partial charge in [-0.1, -0.05) is 37.3 Å². The minimum absolute atomic E-state index is 0.135.